The van der Waals surface area contributed by atoms with Crippen LogP contribution < -0.4 is 4.90 Å². The number of carbonyl (C=O) groups is 3. The van der Waals surface area contributed by atoms with Crippen LogP contribution in [0.25, 0.3) is 0 Å². The Morgan fingerprint density at radius 1 is 1.19 bits per heavy atom. The topological polar surface area (TPSA) is 77.9 Å². The van der Waals surface area contributed by atoms with Gasteiger partial charge in [-0.3, -0.25) is 14.4 Å². The first-order valence-electron chi connectivity index (χ1n) is 8.51. The third-order valence-corrected chi connectivity index (χ3v) is 5.07. The Balaban J connectivity index is 1.82. The first-order valence-corrected chi connectivity index (χ1v) is 9.30. The molecule has 1 heterocycles. The van der Waals surface area contributed by atoms with Crippen molar-refractivity contribution in [2.75, 3.05) is 11.4 Å². The maximum absolute atomic E-state index is 12.9. The van der Waals surface area contributed by atoms with Crippen LogP contribution in [0.15, 0.2) is 59.1 Å². The molecule has 1 aliphatic heterocycles. The molecule has 0 bridgehead atoms. The minimum Gasteiger partial charge on any atom is -0.387 e. The number of nitrogens with zero attached hydrogens (tertiary/aromatic N) is 2. The van der Waals surface area contributed by atoms with E-state index in [1.165, 1.54) is 11.8 Å². The molecule has 2 aromatic rings. The van der Waals surface area contributed by atoms with Gasteiger partial charge >= 0.3 is 0 Å². The minimum absolute atomic E-state index is 0.0583. The highest BCUT2D eigenvalue weighted by molar-refractivity contribution is 9.10. The first kappa shape index (κ1) is 19.3. The Hall–Kier alpha value is -2.51. The van der Waals surface area contributed by atoms with E-state index in [2.05, 4.69) is 15.9 Å². The third kappa shape index (κ3) is 4.09. The molecule has 27 heavy (non-hydrogen) atoms. The SMILES string of the molecule is CC(=O)N(C[C@H](O)c1ccccc1)[C@@H]1CC(=O)N(c2ccc(Br)cc2)C1=O. The monoisotopic (exact) mass is 430 g/mol. The van der Waals surface area contributed by atoms with Crippen LogP contribution in [0.3, 0.4) is 0 Å². The smallest absolute Gasteiger partial charge is 0.257 e. The van der Waals surface area contributed by atoms with Gasteiger partial charge in [0.2, 0.25) is 11.8 Å². The number of carbonyl (C=O) groups excluding carboxylic acids is 3. The number of amides is 3. The lowest BCUT2D eigenvalue weighted by Gasteiger charge is -2.28. The highest BCUT2D eigenvalue weighted by Gasteiger charge is 2.44. The van der Waals surface area contributed by atoms with Gasteiger partial charge in [-0.25, -0.2) is 4.90 Å². The molecule has 3 amide bonds. The van der Waals surface area contributed by atoms with Gasteiger partial charge in [0.15, 0.2) is 0 Å². The van der Waals surface area contributed by atoms with Crippen molar-refractivity contribution in [3.05, 3.63) is 64.6 Å². The number of rotatable bonds is 5. The zero-order chi connectivity index (χ0) is 19.6. The van der Waals surface area contributed by atoms with E-state index < -0.39 is 18.1 Å². The van der Waals surface area contributed by atoms with Gasteiger partial charge in [-0.15, -0.1) is 0 Å². The number of benzene rings is 2. The van der Waals surface area contributed by atoms with Gasteiger partial charge in [0.25, 0.3) is 5.91 Å². The van der Waals surface area contributed by atoms with Crippen molar-refractivity contribution in [3.8, 4) is 0 Å². The van der Waals surface area contributed by atoms with E-state index in [4.69, 9.17) is 0 Å². The van der Waals surface area contributed by atoms with E-state index in [1.54, 1.807) is 48.5 Å². The Morgan fingerprint density at radius 2 is 1.81 bits per heavy atom. The normalized spacial score (nSPS) is 17.9. The molecule has 6 nitrogen and oxygen atoms in total. The van der Waals surface area contributed by atoms with Crippen LogP contribution in [0.1, 0.15) is 25.0 Å². The molecule has 1 fully saturated rings. The Labute approximate surface area is 165 Å². The van der Waals surface area contributed by atoms with Crippen molar-refractivity contribution in [2.24, 2.45) is 0 Å². The molecule has 2 aromatic carbocycles. The molecule has 0 aromatic heterocycles. The van der Waals surface area contributed by atoms with Gasteiger partial charge in [0.05, 0.1) is 24.8 Å². The number of aliphatic hydroxyl groups excluding tert-OH is 1. The number of anilines is 1. The van der Waals surface area contributed by atoms with E-state index in [-0.39, 0.29) is 24.8 Å². The fourth-order valence-corrected chi connectivity index (χ4v) is 3.43. The zero-order valence-electron chi connectivity index (χ0n) is 14.7. The summed E-state index contributed by atoms with van der Waals surface area (Å²) in [5.74, 6) is -1.20. The van der Waals surface area contributed by atoms with Crippen molar-refractivity contribution >= 4 is 39.3 Å². The quantitative estimate of drug-likeness (QED) is 0.739. The number of imide groups is 1. The van der Waals surface area contributed by atoms with Gasteiger partial charge in [-0.2, -0.15) is 0 Å². The highest BCUT2D eigenvalue weighted by Crippen LogP contribution is 2.28. The Kier molecular flexibility index (Phi) is 5.72. The highest BCUT2D eigenvalue weighted by atomic mass is 79.9. The molecule has 1 N–H and O–H groups in total. The molecule has 0 saturated carbocycles. The largest absolute Gasteiger partial charge is 0.387 e. The summed E-state index contributed by atoms with van der Waals surface area (Å²) in [6.07, 6.45) is -1.05. The summed E-state index contributed by atoms with van der Waals surface area (Å²) in [6, 6.07) is 14.8. The lowest BCUT2D eigenvalue weighted by molar-refractivity contribution is -0.138. The van der Waals surface area contributed by atoms with Gasteiger partial charge in [-0.05, 0) is 29.8 Å². The standard InChI is InChI=1S/C20H19BrN2O4/c1-13(24)22(12-18(25)14-5-3-2-4-6-14)17-11-19(26)23(20(17)27)16-9-7-15(21)8-10-16/h2-10,17-18,25H,11-12H2,1H3/t17-,18+/m1/s1. The summed E-state index contributed by atoms with van der Waals surface area (Å²) in [7, 11) is 0. The van der Waals surface area contributed by atoms with Crippen LogP contribution in [-0.2, 0) is 14.4 Å². The summed E-state index contributed by atoms with van der Waals surface area (Å²) < 4.78 is 0.832. The maximum Gasteiger partial charge on any atom is 0.257 e. The molecule has 0 unspecified atom stereocenters. The van der Waals surface area contributed by atoms with Gasteiger partial charge in [0, 0.05) is 11.4 Å². The van der Waals surface area contributed by atoms with Crippen molar-refractivity contribution in [3.63, 3.8) is 0 Å². The summed E-state index contributed by atoms with van der Waals surface area (Å²) >= 11 is 3.32. The van der Waals surface area contributed by atoms with Crippen LogP contribution in [0.5, 0.6) is 0 Å². The molecule has 0 spiro atoms. The predicted octanol–water partition coefficient (Wildman–Crippen LogP) is 2.66. The summed E-state index contributed by atoms with van der Waals surface area (Å²) in [5.41, 5.74) is 1.10. The summed E-state index contributed by atoms with van der Waals surface area (Å²) in [4.78, 5) is 39.9. The molecular weight excluding hydrogens is 412 g/mol. The van der Waals surface area contributed by atoms with E-state index in [0.29, 0.717) is 11.3 Å². The van der Waals surface area contributed by atoms with Crippen molar-refractivity contribution in [1.82, 2.24) is 4.90 Å². The summed E-state index contributed by atoms with van der Waals surface area (Å²) in [5, 5.41) is 10.5. The van der Waals surface area contributed by atoms with E-state index >= 15 is 0 Å². The molecule has 1 saturated heterocycles. The molecule has 140 valence electrons. The van der Waals surface area contributed by atoms with Crippen LogP contribution in [0, 0.1) is 0 Å². The zero-order valence-corrected chi connectivity index (χ0v) is 16.3. The van der Waals surface area contributed by atoms with Crippen LogP contribution in [0.4, 0.5) is 5.69 Å². The second kappa shape index (κ2) is 8.02. The molecule has 1 aliphatic rings. The first-order chi connectivity index (χ1) is 12.9. The number of hydrogen-bond acceptors (Lipinski definition) is 4. The second-order valence-corrected chi connectivity index (χ2v) is 7.28. The van der Waals surface area contributed by atoms with Crippen molar-refractivity contribution in [1.29, 1.82) is 0 Å². The van der Waals surface area contributed by atoms with Gasteiger partial charge in [-0.1, -0.05) is 46.3 Å². The molecular formula is C20H19BrN2O4. The molecule has 0 aliphatic carbocycles. The fourth-order valence-electron chi connectivity index (χ4n) is 3.16. The molecule has 3 rings (SSSR count). The van der Waals surface area contributed by atoms with Crippen LogP contribution in [-0.4, -0.2) is 40.3 Å². The number of halogens is 1. The number of aliphatic hydroxyl groups is 1. The van der Waals surface area contributed by atoms with Crippen LogP contribution >= 0.6 is 15.9 Å². The maximum atomic E-state index is 12.9. The molecule has 2 atom stereocenters. The lowest BCUT2D eigenvalue weighted by atomic mass is 10.1. The van der Waals surface area contributed by atoms with Crippen LogP contribution in [0.2, 0.25) is 0 Å². The Morgan fingerprint density at radius 3 is 2.41 bits per heavy atom. The van der Waals surface area contributed by atoms with Gasteiger partial charge < -0.3 is 10.0 Å². The fraction of sp³-hybridized carbons (Fsp3) is 0.250. The number of hydrogen-bond donors (Lipinski definition) is 1. The summed E-state index contributed by atoms with van der Waals surface area (Å²) in [6.45, 7) is 1.27. The molecule has 7 heteroatoms. The van der Waals surface area contributed by atoms with E-state index in [1.807, 2.05) is 6.07 Å². The Bertz CT molecular complexity index is 854. The average Bonchev–Trinajstić information content (AvgIpc) is 2.95. The third-order valence-electron chi connectivity index (χ3n) is 4.54. The van der Waals surface area contributed by atoms with E-state index in [9.17, 15) is 19.5 Å². The lowest BCUT2D eigenvalue weighted by Crippen LogP contribution is -2.46. The van der Waals surface area contributed by atoms with Crippen molar-refractivity contribution < 1.29 is 19.5 Å². The predicted molar refractivity (Wildman–Crippen MR) is 104 cm³/mol. The second-order valence-electron chi connectivity index (χ2n) is 6.36. The van der Waals surface area contributed by atoms with Crippen molar-refractivity contribution in [2.45, 2.75) is 25.5 Å². The van der Waals surface area contributed by atoms with E-state index in [0.717, 1.165) is 9.37 Å². The minimum atomic E-state index is -0.945. The average molecular weight is 431 g/mol. The molecule has 0 radical (unpaired) electrons. The van der Waals surface area contributed by atoms with Gasteiger partial charge in [0.1, 0.15) is 6.04 Å².